The number of sulfonamides is 1. The standard InChI is InChI=1S/C23H22Cl2N2O3S2/c1-16-7-10-19(25)13-21(16)27(32(2,29)30)14-23(28)26-20-5-3-4-6-22(20)31-15-17-8-11-18(24)12-9-17/h3-13H,14-15H2,1-2H3,(H,26,28). The average Bonchev–Trinajstić information content (AvgIpc) is 2.74. The van der Waals surface area contributed by atoms with Crippen LogP contribution in [0.3, 0.4) is 0 Å². The number of aryl methyl sites for hydroxylation is 1. The lowest BCUT2D eigenvalue weighted by Gasteiger charge is -2.24. The summed E-state index contributed by atoms with van der Waals surface area (Å²) in [5.74, 6) is 0.246. The highest BCUT2D eigenvalue weighted by atomic mass is 35.5. The van der Waals surface area contributed by atoms with Gasteiger partial charge in [-0.1, -0.05) is 53.5 Å². The molecule has 5 nitrogen and oxygen atoms in total. The summed E-state index contributed by atoms with van der Waals surface area (Å²) in [6.45, 7) is 1.40. The largest absolute Gasteiger partial charge is 0.323 e. The van der Waals surface area contributed by atoms with Gasteiger partial charge in [0.1, 0.15) is 6.54 Å². The van der Waals surface area contributed by atoms with Gasteiger partial charge in [0.2, 0.25) is 15.9 Å². The molecule has 3 aromatic rings. The van der Waals surface area contributed by atoms with Crippen LogP contribution in [0.5, 0.6) is 0 Å². The third-order valence-corrected chi connectivity index (χ3v) is 7.35. The molecule has 0 unspecified atom stereocenters. The Hall–Kier alpha value is -2.19. The summed E-state index contributed by atoms with van der Waals surface area (Å²) in [5, 5.41) is 3.91. The molecule has 1 N–H and O–H groups in total. The molecule has 1 amide bonds. The monoisotopic (exact) mass is 508 g/mol. The molecule has 0 radical (unpaired) electrons. The van der Waals surface area contributed by atoms with Gasteiger partial charge in [-0.05, 0) is 54.4 Å². The van der Waals surface area contributed by atoms with E-state index in [-0.39, 0.29) is 6.54 Å². The zero-order valence-corrected chi connectivity index (χ0v) is 20.7. The molecule has 0 aliphatic rings. The van der Waals surface area contributed by atoms with E-state index in [1.807, 2.05) is 42.5 Å². The molecule has 0 aliphatic heterocycles. The SMILES string of the molecule is Cc1ccc(Cl)cc1N(CC(=O)Nc1ccccc1SCc1ccc(Cl)cc1)S(C)(=O)=O. The lowest BCUT2D eigenvalue weighted by molar-refractivity contribution is -0.114. The molecule has 0 bridgehead atoms. The van der Waals surface area contributed by atoms with Crippen LogP contribution in [0, 0.1) is 6.92 Å². The van der Waals surface area contributed by atoms with Gasteiger partial charge in [-0.3, -0.25) is 9.10 Å². The van der Waals surface area contributed by atoms with E-state index in [1.54, 1.807) is 43.0 Å². The van der Waals surface area contributed by atoms with Crippen LogP contribution in [-0.4, -0.2) is 27.1 Å². The van der Waals surface area contributed by atoms with Crippen molar-refractivity contribution in [1.82, 2.24) is 0 Å². The summed E-state index contributed by atoms with van der Waals surface area (Å²) in [6.07, 6.45) is 1.07. The van der Waals surface area contributed by atoms with Gasteiger partial charge >= 0.3 is 0 Å². The summed E-state index contributed by atoms with van der Waals surface area (Å²) >= 11 is 13.6. The molecule has 0 aromatic heterocycles. The van der Waals surface area contributed by atoms with E-state index in [9.17, 15) is 13.2 Å². The summed E-state index contributed by atoms with van der Waals surface area (Å²) in [7, 11) is -3.71. The number of anilines is 2. The number of carbonyl (C=O) groups excluding carboxylic acids is 1. The van der Waals surface area contributed by atoms with Crippen LogP contribution in [0.25, 0.3) is 0 Å². The molecule has 168 valence electrons. The number of amides is 1. The predicted molar refractivity (Wildman–Crippen MR) is 134 cm³/mol. The summed E-state index contributed by atoms with van der Waals surface area (Å²) in [4.78, 5) is 13.7. The molecular formula is C23H22Cl2N2O3S2. The second-order valence-corrected chi connectivity index (χ2v) is 11.0. The van der Waals surface area contributed by atoms with Crippen LogP contribution >= 0.6 is 35.0 Å². The second-order valence-electron chi connectivity index (χ2n) is 7.16. The molecule has 3 aromatic carbocycles. The van der Waals surface area contributed by atoms with Crippen molar-refractivity contribution in [1.29, 1.82) is 0 Å². The van der Waals surface area contributed by atoms with E-state index in [0.717, 1.165) is 21.0 Å². The Morgan fingerprint density at radius 3 is 2.34 bits per heavy atom. The summed E-state index contributed by atoms with van der Waals surface area (Å²) < 4.78 is 25.9. The minimum absolute atomic E-state index is 0.365. The number of hydrogen-bond donors (Lipinski definition) is 1. The number of hydrogen-bond acceptors (Lipinski definition) is 4. The fraction of sp³-hybridized carbons (Fsp3) is 0.174. The van der Waals surface area contributed by atoms with Crippen LogP contribution in [0.1, 0.15) is 11.1 Å². The topological polar surface area (TPSA) is 66.5 Å². The maximum Gasteiger partial charge on any atom is 0.245 e. The van der Waals surface area contributed by atoms with Crippen LogP contribution in [0.4, 0.5) is 11.4 Å². The van der Waals surface area contributed by atoms with Crippen LogP contribution in [0.2, 0.25) is 10.0 Å². The number of nitrogens with one attached hydrogen (secondary N) is 1. The molecule has 0 aliphatic carbocycles. The lowest BCUT2D eigenvalue weighted by Crippen LogP contribution is -2.38. The van der Waals surface area contributed by atoms with Crippen LogP contribution in [-0.2, 0) is 20.6 Å². The Labute approximate surface area is 202 Å². The van der Waals surface area contributed by atoms with Gasteiger partial charge in [-0.2, -0.15) is 0 Å². The predicted octanol–water partition coefficient (Wildman–Crippen LogP) is 6.00. The molecule has 32 heavy (non-hydrogen) atoms. The van der Waals surface area contributed by atoms with Crippen molar-refractivity contribution in [2.75, 3.05) is 22.4 Å². The van der Waals surface area contributed by atoms with E-state index < -0.39 is 15.9 Å². The van der Waals surface area contributed by atoms with E-state index >= 15 is 0 Å². The number of nitrogens with zero attached hydrogens (tertiary/aromatic N) is 1. The number of benzene rings is 3. The minimum atomic E-state index is -3.71. The average molecular weight is 509 g/mol. The second kappa shape index (κ2) is 10.6. The van der Waals surface area contributed by atoms with Crippen molar-refractivity contribution < 1.29 is 13.2 Å². The van der Waals surface area contributed by atoms with Crippen molar-refractivity contribution in [3.05, 3.63) is 87.9 Å². The first-order valence-corrected chi connectivity index (χ1v) is 13.2. The first kappa shape index (κ1) is 24.5. The Bertz CT molecular complexity index is 1220. The Balaban J connectivity index is 1.76. The Kier molecular flexibility index (Phi) is 8.11. The molecule has 0 saturated heterocycles. The normalized spacial score (nSPS) is 11.2. The smallest absolute Gasteiger partial charge is 0.245 e. The van der Waals surface area contributed by atoms with E-state index in [1.165, 1.54) is 0 Å². The maximum atomic E-state index is 12.8. The molecule has 0 spiro atoms. The highest BCUT2D eigenvalue weighted by Crippen LogP contribution is 2.31. The lowest BCUT2D eigenvalue weighted by atomic mass is 10.2. The first-order valence-electron chi connectivity index (χ1n) is 9.63. The third kappa shape index (κ3) is 6.65. The van der Waals surface area contributed by atoms with Gasteiger partial charge in [0.15, 0.2) is 0 Å². The zero-order valence-electron chi connectivity index (χ0n) is 17.5. The number of carbonyl (C=O) groups is 1. The van der Waals surface area contributed by atoms with Gasteiger partial charge < -0.3 is 5.32 Å². The quantitative estimate of drug-likeness (QED) is 0.379. The van der Waals surface area contributed by atoms with E-state index in [4.69, 9.17) is 23.2 Å². The number of halogens is 2. The summed E-state index contributed by atoms with van der Waals surface area (Å²) in [5.41, 5.74) is 2.79. The minimum Gasteiger partial charge on any atom is -0.323 e. The van der Waals surface area contributed by atoms with E-state index in [0.29, 0.717) is 32.7 Å². The van der Waals surface area contributed by atoms with Crippen molar-refractivity contribution in [2.45, 2.75) is 17.6 Å². The molecule has 0 fully saturated rings. The summed E-state index contributed by atoms with van der Waals surface area (Å²) in [6, 6.07) is 19.9. The highest BCUT2D eigenvalue weighted by Gasteiger charge is 2.23. The van der Waals surface area contributed by atoms with Crippen LogP contribution < -0.4 is 9.62 Å². The Morgan fingerprint density at radius 1 is 1.00 bits per heavy atom. The third-order valence-electron chi connectivity index (χ3n) is 4.60. The first-order chi connectivity index (χ1) is 15.1. The van der Waals surface area contributed by atoms with Gasteiger partial charge in [0.05, 0.1) is 17.6 Å². The van der Waals surface area contributed by atoms with Gasteiger partial charge in [0, 0.05) is 20.7 Å². The fourth-order valence-corrected chi connectivity index (χ4v) is 5.15. The molecule has 0 saturated carbocycles. The highest BCUT2D eigenvalue weighted by molar-refractivity contribution is 7.98. The van der Waals surface area contributed by atoms with Crippen LogP contribution in [0.15, 0.2) is 71.6 Å². The molecule has 0 atom stereocenters. The van der Waals surface area contributed by atoms with Crippen molar-refractivity contribution in [3.63, 3.8) is 0 Å². The van der Waals surface area contributed by atoms with Crippen molar-refractivity contribution >= 4 is 62.3 Å². The van der Waals surface area contributed by atoms with Gasteiger partial charge in [-0.15, -0.1) is 11.8 Å². The molecule has 0 heterocycles. The van der Waals surface area contributed by atoms with E-state index in [2.05, 4.69) is 5.32 Å². The molecular weight excluding hydrogens is 487 g/mol. The zero-order chi connectivity index (χ0) is 23.3. The number of rotatable bonds is 8. The molecule has 9 heteroatoms. The number of para-hydroxylation sites is 1. The number of thioether (sulfide) groups is 1. The molecule has 3 rings (SSSR count). The maximum absolute atomic E-state index is 12.8. The van der Waals surface area contributed by atoms with Gasteiger partial charge in [0.25, 0.3) is 0 Å². The van der Waals surface area contributed by atoms with Gasteiger partial charge in [-0.25, -0.2) is 8.42 Å². The fourth-order valence-electron chi connectivity index (χ4n) is 2.99. The van der Waals surface area contributed by atoms with Crippen molar-refractivity contribution in [3.8, 4) is 0 Å². The Morgan fingerprint density at radius 2 is 1.66 bits per heavy atom. The van der Waals surface area contributed by atoms with Crippen molar-refractivity contribution in [2.24, 2.45) is 0 Å².